The first-order valence-corrected chi connectivity index (χ1v) is 10.6. The lowest BCUT2D eigenvalue weighted by molar-refractivity contribution is 0.215. The van der Waals surface area contributed by atoms with E-state index in [1.54, 1.807) is 23.6 Å². The molecule has 29 heavy (non-hydrogen) atoms. The van der Waals surface area contributed by atoms with Crippen LogP contribution < -0.4 is 16.1 Å². The molecule has 0 amide bonds. The van der Waals surface area contributed by atoms with Crippen molar-refractivity contribution in [2.24, 2.45) is 5.16 Å². The molecule has 0 fully saturated rings. The number of nitrogens with one attached hydrogen (secondary N) is 3. The SMILES string of the molecule is CON=Cc1sc(CNCCCNc2cc(=O)c3ccccc3[nH]2)c(C)c1Br.Cl. The lowest BCUT2D eigenvalue weighted by Crippen LogP contribution is -2.18. The van der Waals surface area contributed by atoms with E-state index in [0.29, 0.717) is 5.39 Å². The van der Waals surface area contributed by atoms with E-state index in [-0.39, 0.29) is 17.8 Å². The van der Waals surface area contributed by atoms with Crippen LogP contribution in [0.15, 0.2) is 44.8 Å². The van der Waals surface area contributed by atoms with Crippen molar-refractivity contribution < 1.29 is 4.84 Å². The van der Waals surface area contributed by atoms with Gasteiger partial charge in [-0.1, -0.05) is 17.3 Å². The highest BCUT2D eigenvalue weighted by molar-refractivity contribution is 9.10. The minimum Gasteiger partial charge on any atom is -0.399 e. The lowest BCUT2D eigenvalue weighted by Gasteiger charge is -2.08. The van der Waals surface area contributed by atoms with Crippen molar-refractivity contribution in [3.05, 3.63) is 60.3 Å². The van der Waals surface area contributed by atoms with E-state index in [2.05, 4.69) is 43.6 Å². The summed E-state index contributed by atoms with van der Waals surface area (Å²) in [6.45, 7) is 4.56. The first-order valence-electron chi connectivity index (χ1n) is 9.01. The Balaban J connectivity index is 0.00000300. The number of hydrogen-bond donors (Lipinski definition) is 3. The van der Waals surface area contributed by atoms with Gasteiger partial charge in [-0.05, 0) is 53.5 Å². The molecule has 156 valence electrons. The molecular weight excluding hydrogens is 476 g/mol. The average molecular weight is 500 g/mol. The van der Waals surface area contributed by atoms with Crippen LogP contribution in [0.2, 0.25) is 0 Å². The second kappa shape index (κ2) is 11.3. The van der Waals surface area contributed by atoms with Crippen molar-refractivity contribution in [3.63, 3.8) is 0 Å². The Kier molecular flexibility index (Phi) is 9.16. The number of aromatic nitrogens is 1. The van der Waals surface area contributed by atoms with Crippen LogP contribution in [0.25, 0.3) is 10.9 Å². The Morgan fingerprint density at radius 1 is 1.31 bits per heavy atom. The number of H-pyrrole nitrogens is 1. The number of aromatic amines is 1. The molecule has 3 N–H and O–H groups in total. The molecule has 0 unspecified atom stereocenters. The average Bonchev–Trinajstić information content (AvgIpc) is 2.97. The van der Waals surface area contributed by atoms with Gasteiger partial charge in [0, 0.05) is 33.9 Å². The summed E-state index contributed by atoms with van der Waals surface area (Å²) in [6, 6.07) is 9.16. The summed E-state index contributed by atoms with van der Waals surface area (Å²) in [7, 11) is 1.54. The van der Waals surface area contributed by atoms with Gasteiger partial charge in [-0.3, -0.25) is 4.79 Å². The molecule has 6 nitrogen and oxygen atoms in total. The highest BCUT2D eigenvalue weighted by Gasteiger charge is 2.11. The first-order chi connectivity index (χ1) is 13.6. The number of para-hydroxylation sites is 1. The number of halogens is 2. The summed E-state index contributed by atoms with van der Waals surface area (Å²) in [5, 5.41) is 11.3. The summed E-state index contributed by atoms with van der Waals surface area (Å²) in [5.74, 6) is 0.754. The van der Waals surface area contributed by atoms with Crippen LogP contribution >= 0.6 is 39.7 Å². The largest absolute Gasteiger partial charge is 0.399 e. The summed E-state index contributed by atoms with van der Waals surface area (Å²) in [6.07, 6.45) is 2.66. The second-order valence-corrected chi connectivity index (χ2v) is 8.23. The van der Waals surface area contributed by atoms with Crippen molar-refractivity contribution >= 4 is 62.6 Å². The normalized spacial score (nSPS) is 11.0. The Morgan fingerprint density at radius 3 is 2.90 bits per heavy atom. The van der Waals surface area contributed by atoms with Gasteiger partial charge in [-0.25, -0.2) is 0 Å². The number of oxime groups is 1. The lowest BCUT2D eigenvalue weighted by atomic mass is 10.2. The molecule has 0 bridgehead atoms. The van der Waals surface area contributed by atoms with Gasteiger partial charge in [0.2, 0.25) is 0 Å². The molecule has 0 aliphatic rings. The molecule has 3 rings (SSSR count). The zero-order valence-electron chi connectivity index (χ0n) is 16.3. The van der Waals surface area contributed by atoms with Gasteiger partial charge in [0.1, 0.15) is 12.9 Å². The van der Waals surface area contributed by atoms with E-state index in [9.17, 15) is 4.79 Å². The maximum Gasteiger partial charge on any atom is 0.191 e. The van der Waals surface area contributed by atoms with Gasteiger partial charge < -0.3 is 20.5 Å². The van der Waals surface area contributed by atoms with E-state index < -0.39 is 0 Å². The molecule has 0 spiro atoms. The minimum atomic E-state index is 0. The fourth-order valence-corrected chi connectivity index (χ4v) is 4.59. The van der Waals surface area contributed by atoms with E-state index >= 15 is 0 Å². The van der Waals surface area contributed by atoms with Crippen molar-refractivity contribution in [3.8, 4) is 0 Å². The number of fused-ring (bicyclic) bond motifs is 1. The molecular formula is C20H24BrClN4O2S. The number of benzene rings is 1. The summed E-state index contributed by atoms with van der Waals surface area (Å²) in [5.41, 5.74) is 2.10. The smallest absolute Gasteiger partial charge is 0.191 e. The van der Waals surface area contributed by atoms with Gasteiger partial charge >= 0.3 is 0 Å². The standard InChI is InChI=1S/C20H23BrN4O2S.ClH/c1-13-17(28-18(20(13)21)12-24-27-2)11-22-8-5-9-23-19-10-16(26)14-6-3-4-7-15(14)25-19;/h3-4,6-7,10,12,22H,5,8-9,11H2,1-2H3,(H2,23,25,26);1H. The second-order valence-electron chi connectivity index (χ2n) is 6.30. The molecule has 0 saturated heterocycles. The van der Waals surface area contributed by atoms with E-state index in [1.165, 1.54) is 17.6 Å². The monoisotopic (exact) mass is 498 g/mol. The number of thiophene rings is 1. The van der Waals surface area contributed by atoms with Gasteiger partial charge in [0.15, 0.2) is 5.43 Å². The Hall–Kier alpha value is -1.87. The number of anilines is 1. The highest BCUT2D eigenvalue weighted by atomic mass is 79.9. The fraction of sp³-hybridized carbons (Fsp3) is 0.300. The number of hydrogen-bond acceptors (Lipinski definition) is 6. The fourth-order valence-electron chi connectivity index (χ4n) is 2.84. The third-order valence-electron chi connectivity index (χ3n) is 4.34. The van der Waals surface area contributed by atoms with Gasteiger partial charge in [0.05, 0.1) is 16.6 Å². The van der Waals surface area contributed by atoms with Crippen LogP contribution in [-0.4, -0.2) is 31.4 Å². The molecule has 3 aromatic rings. The quantitative estimate of drug-likeness (QED) is 0.227. The maximum absolute atomic E-state index is 12.1. The molecule has 2 heterocycles. The molecule has 2 aromatic heterocycles. The zero-order chi connectivity index (χ0) is 19.9. The van der Waals surface area contributed by atoms with Crippen LogP contribution in [0, 0.1) is 6.92 Å². The predicted molar refractivity (Wildman–Crippen MR) is 128 cm³/mol. The molecule has 0 atom stereocenters. The Bertz CT molecular complexity index is 1030. The van der Waals surface area contributed by atoms with Gasteiger partial charge in [-0.15, -0.1) is 23.7 Å². The topological polar surface area (TPSA) is 78.5 Å². The maximum atomic E-state index is 12.1. The third kappa shape index (κ3) is 6.05. The van der Waals surface area contributed by atoms with E-state index in [4.69, 9.17) is 4.84 Å². The number of pyridine rings is 1. The van der Waals surface area contributed by atoms with Crippen LogP contribution in [0.4, 0.5) is 5.82 Å². The predicted octanol–water partition coefficient (Wildman–Crippen LogP) is 4.65. The van der Waals surface area contributed by atoms with E-state index in [1.807, 2.05) is 24.3 Å². The van der Waals surface area contributed by atoms with Crippen molar-refractivity contribution in [2.75, 3.05) is 25.5 Å². The third-order valence-corrected chi connectivity index (χ3v) is 6.85. The minimum absolute atomic E-state index is 0. The molecule has 0 aliphatic heterocycles. The molecule has 0 saturated carbocycles. The molecule has 0 radical (unpaired) electrons. The van der Waals surface area contributed by atoms with Crippen LogP contribution in [0.1, 0.15) is 21.7 Å². The van der Waals surface area contributed by atoms with Crippen LogP contribution in [-0.2, 0) is 11.4 Å². The Morgan fingerprint density at radius 2 is 2.10 bits per heavy atom. The number of nitrogens with zero attached hydrogens (tertiary/aromatic N) is 1. The van der Waals surface area contributed by atoms with Crippen molar-refractivity contribution in [1.82, 2.24) is 10.3 Å². The van der Waals surface area contributed by atoms with Gasteiger partial charge in [0.25, 0.3) is 0 Å². The molecule has 9 heteroatoms. The molecule has 0 aliphatic carbocycles. The van der Waals surface area contributed by atoms with Crippen molar-refractivity contribution in [2.45, 2.75) is 19.9 Å². The van der Waals surface area contributed by atoms with E-state index in [0.717, 1.165) is 46.7 Å². The van der Waals surface area contributed by atoms with Crippen LogP contribution in [0.3, 0.4) is 0 Å². The first kappa shape index (κ1) is 23.4. The summed E-state index contributed by atoms with van der Waals surface area (Å²) in [4.78, 5) is 22.5. The Labute approximate surface area is 188 Å². The van der Waals surface area contributed by atoms with Crippen molar-refractivity contribution in [1.29, 1.82) is 0 Å². The highest BCUT2D eigenvalue weighted by Crippen LogP contribution is 2.31. The zero-order valence-corrected chi connectivity index (χ0v) is 19.5. The summed E-state index contributed by atoms with van der Waals surface area (Å²) < 4.78 is 1.07. The molecule has 1 aromatic carbocycles. The van der Waals surface area contributed by atoms with Crippen LogP contribution in [0.5, 0.6) is 0 Å². The summed E-state index contributed by atoms with van der Waals surface area (Å²) >= 11 is 5.31. The van der Waals surface area contributed by atoms with Gasteiger partial charge in [-0.2, -0.15) is 0 Å². The number of rotatable bonds is 9.